The number of morpholine rings is 1. The highest BCUT2D eigenvalue weighted by Crippen LogP contribution is 2.22. The van der Waals surface area contributed by atoms with Crippen LogP contribution < -0.4 is 16.4 Å². The molecule has 0 aliphatic carbocycles. The van der Waals surface area contributed by atoms with Gasteiger partial charge in [-0.05, 0) is 23.1 Å². The summed E-state index contributed by atoms with van der Waals surface area (Å²) in [5, 5.41) is 15.3. The van der Waals surface area contributed by atoms with Crippen LogP contribution in [-0.4, -0.2) is 42.9 Å². The Hall–Kier alpha value is -2.77. The number of nitrogens with one attached hydrogen (secondary N) is 3. The van der Waals surface area contributed by atoms with Gasteiger partial charge in [0.15, 0.2) is 0 Å². The largest absolute Gasteiger partial charge is 0.404 e. The van der Waals surface area contributed by atoms with Gasteiger partial charge in [-0.15, -0.1) is 0 Å². The standard InChI is InChI=1S/C18H21N5O2/c19-8-15(9-20)12-1-2-13-10-22-17(6-14(13)5-12)23-18(24)7-16-11-21-3-4-25-16/h1-2,5-6,8-10,16,19,21H,3-4,7,11,20H2,(H,22,23,24). The molecule has 1 fully saturated rings. The molecule has 0 radical (unpaired) electrons. The molecule has 2 heterocycles. The van der Waals surface area contributed by atoms with E-state index in [0.29, 0.717) is 31.0 Å². The highest BCUT2D eigenvalue weighted by Gasteiger charge is 2.17. The highest BCUT2D eigenvalue weighted by atomic mass is 16.5. The van der Waals surface area contributed by atoms with Gasteiger partial charge in [0.25, 0.3) is 0 Å². The number of hydrogen-bond acceptors (Lipinski definition) is 6. The van der Waals surface area contributed by atoms with Gasteiger partial charge >= 0.3 is 0 Å². The van der Waals surface area contributed by atoms with Crippen LogP contribution in [0.1, 0.15) is 12.0 Å². The number of amides is 1. The Morgan fingerprint density at radius 1 is 1.44 bits per heavy atom. The van der Waals surface area contributed by atoms with Crippen molar-refractivity contribution >= 4 is 34.3 Å². The Morgan fingerprint density at radius 2 is 2.32 bits per heavy atom. The maximum absolute atomic E-state index is 12.2. The first-order valence-corrected chi connectivity index (χ1v) is 8.14. The topological polar surface area (TPSA) is 113 Å². The predicted molar refractivity (Wildman–Crippen MR) is 98.5 cm³/mol. The number of nitrogens with two attached hydrogens (primary N) is 1. The van der Waals surface area contributed by atoms with Crippen molar-refractivity contribution in [3.05, 3.63) is 42.2 Å². The molecule has 1 aromatic carbocycles. The second-order valence-corrected chi connectivity index (χ2v) is 5.85. The van der Waals surface area contributed by atoms with Crippen LogP contribution >= 0.6 is 0 Å². The molecule has 7 heteroatoms. The number of allylic oxidation sites excluding steroid dienone is 1. The van der Waals surface area contributed by atoms with Gasteiger partial charge in [-0.1, -0.05) is 12.1 Å². The van der Waals surface area contributed by atoms with Crippen LogP contribution in [0.5, 0.6) is 0 Å². The number of pyridine rings is 1. The fraction of sp³-hybridized carbons (Fsp3) is 0.278. The van der Waals surface area contributed by atoms with Crippen LogP contribution in [0.15, 0.2) is 36.7 Å². The van der Waals surface area contributed by atoms with Crippen molar-refractivity contribution < 1.29 is 9.53 Å². The minimum Gasteiger partial charge on any atom is -0.404 e. The second kappa shape index (κ2) is 7.87. The Labute approximate surface area is 145 Å². The average Bonchev–Trinajstić information content (AvgIpc) is 2.63. The monoisotopic (exact) mass is 339 g/mol. The lowest BCUT2D eigenvalue weighted by atomic mass is 10.0. The molecule has 0 saturated carbocycles. The van der Waals surface area contributed by atoms with E-state index in [0.717, 1.165) is 22.9 Å². The zero-order chi connectivity index (χ0) is 17.6. The van der Waals surface area contributed by atoms with Crippen molar-refractivity contribution in [2.24, 2.45) is 5.73 Å². The summed E-state index contributed by atoms with van der Waals surface area (Å²) in [6.45, 7) is 2.13. The molecular formula is C18H21N5O2. The van der Waals surface area contributed by atoms with Gasteiger partial charge in [0.2, 0.25) is 5.91 Å². The predicted octanol–water partition coefficient (Wildman–Crippen LogP) is 1.50. The third-order valence-electron chi connectivity index (χ3n) is 4.08. The molecular weight excluding hydrogens is 318 g/mol. The van der Waals surface area contributed by atoms with Crippen LogP contribution in [0, 0.1) is 5.41 Å². The lowest BCUT2D eigenvalue weighted by molar-refractivity contribution is -0.119. The van der Waals surface area contributed by atoms with Crippen LogP contribution in [0.2, 0.25) is 0 Å². The molecule has 1 unspecified atom stereocenters. The van der Waals surface area contributed by atoms with Gasteiger partial charge < -0.3 is 26.5 Å². The molecule has 5 N–H and O–H groups in total. The van der Waals surface area contributed by atoms with Gasteiger partial charge in [-0.2, -0.15) is 0 Å². The molecule has 1 aliphatic heterocycles. The first kappa shape index (κ1) is 17.1. The number of rotatable bonds is 5. The third-order valence-corrected chi connectivity index (χ3v) is 4.08. The maximum Gasteiger partial charge on any atom is 0.228 e. The molecule has 1 aliphatic rings. The molecule has 1 amide bonds. The third kappa shape index (κ3) is 4.20. The zero-order valence-electron chi connectivity index (χ0n) is 13.8. The average molecular weight is 339 g/mol. The van der Waals surface area contributed by atoms with E-state index in [4.69, 9.17) is 15.9 Å². The number of benzene rings is 1. The van der Waals surface area contributed by atoms with E-state index in [9.17, 15) is 4.79 Å². The number of aromatic nitrogens is 1. The Bertz CT molecular complexity index is 812. The van der Waals surface area contributed by atoms with Gasteiger partial charge in [0, 0.05) is 42.7 Å². The van der Waals surface area contributed by atoms with E-state index < -0.39 is 0 Å². The minimum atomic E-state index is -0.126. The fourth-order valence-electron chi connectivity index (χ4n) is 2.77. The summed E-state index contributed by atoms with van der Waals surface area (Å²) in [6, 6.07) is 7.54. The molecule has 0 bridgehead atoms. The molecule has 130 valence electrons. The van der Waals surface area contributed by atoms with Crippen LogP contribution in [0.4, 0.5) is 5.82 Å². The van der Waals surface area contributed by atoms with E-state index in [1.807, 2.05) is 24.3 Å². The fourth-order valence-corrected chi connectivity index (χ4v) is 2.77. The van der Waals surface area contributed by atoms with Crippen molar-refractivity contribution in [2.45, 2.75) is 12.5 Å². The Kier molecular flexibility index (Phi) is 5.37. The summed E-state index contributed by atoms with van der Waals surface area (Å²) in [6.07, 6.45) is 4.51. The smallest absolute Gasteiger partial charge is 0.228 e. The molecule has 3 rings (SSSR count). The first-order valence-electron chi connectivity index (χ1n) is 8.14. The van der Waals surface area contributed by atoms with Crippen LogP contribution in [0.25, 0.3) is 16.3 Å². The molecule has 1 aromatic heterocycles. The van der Waals surface area contributed by atoms with Gasteiger partial charge in [-0.25, -0.2) is 4.98 Å². The molecule has 1 saturated heterocycles. The normalized spacial score (nSPS) is 18.1. The molecule has 0 spiro atoms. The van der Waals surface area contributed by atoms with Crippen molar-refractivity contribution in [1.29, 1.82) is 5.41 Å². The number of anilines is 1. The molecule has 7 nitrogen and oxygen atoms in total. The quantitative estimate of drug-likeness (QED) is 0.617. The Morgan fingerprint density at radius 3 is 3.04 bits per heavy atom. The molecule has 1 atom stereocenters. The van der Waals surface area contributed by atoms with E-state index in [2.05, 4.69) is 15.6 Å². The molecule has 25 heavy (non-hydrogen) atoms. The summed E-state index contributed by atoms with van der Waals surface area (Å²) in [4.78, 5) is 16.5. The summed E-state index contributed by atoms with van der Waals surface area (Å²) < 4.78 is 5.54. The van der Waals surface area contributed by atoms with Gasteiger partial charge in [-0.3, -0.25) is 4.79 Å². The number of fused-ring (bicyclic) bond motifs is 1. The van der Waals surface area contributed by atoms with Crippen molar-refractivity contribution in [3.8, 4) is 0 Å². The van der Waals surface area contributed by atoms with Crippen LogP contribution in [0.3, 0.4) is 0 Å². The summed E-state index contributed by atoms with van der Waals surface area (Å²) >= 11 is 0. The maximum atomic E-state index is 12.2. The first-order chi connectivity index (χ1) is 12.2. The zero-order valence-corrected chi connectivity index (χ0v) is 13.8. The van der Waals surface area contributed by atoms with Gasteiger partial charge in [0.1, 0.15) is 5.82 Å². The number of nitrogens with zero attached hydrogens (tertiary/aromatic N) is 1. The number of carbonyl (C=O) groups is 1. The van der Waals surface area contributed by atoms with E-state index in [1.165, 1.54) is 12.4 Å². The number of carbonyl (C=O) groups excluding carboxylic acids is 1. The Balaban J connectivity index is 1.75. The van der Waals surface area contributed by atoms with E-state index in [-0.39, 0.29) is 12.0 Å². The van der Waals surface area contributed by atoms with Gasteiger partial charge in [0.05, 0.1) is 19.1 Å². The van der Waals surface area contributed by atoms with Crippen molar-refractivity contribution in [3.63, 3.8) is 0 Å². The second-order valence-electron chi connectivity index (χ2n) is 5.85. The lowest BCUT2D eigenvalue weighted by Crippen LogP contribution is -2.40. The summed E-state index contributed by atoms with van der Waals surface area (Å²) in [5.74, 6) is 0.366. The van der Waals surface area contributed by atoms with Crippen molar-refractivity contribution in [1.82, 2.24) is 10.3 Å². The minimum absolute atomic E-state index is 0.106. The van der Waals surface area contributed by atoms with Crippen LogP contribution in [-0.2, 0) is 9.53 Å². The highest BCUT2D eigenvalue weighted by molar-refractivity contribution is 6.09. The SMILES string of the molecule is N=CC(=CN)c1ccc2cnc(NC(=O)CC3CNCCO3)cc2c1. The number of hydrogen-bond donors (Lipinski definition) is 4. The van der Waals surface area contributed by atoms with E-state index >= 15 is 0 Å². The lowest BCUT2D eigenvalue weighted by Gasteiger charge is -2.22. The summed E-state index contributed by atoms with van der Waals surface area (Å²) in [5.41, 5.74) is 7.02. The van der Waals surface area contributed by atoms with E-state index in [1.54, 1.807) is 6.20 Å². The van der Waals surface area contributed by atoms with Crippen molar-refractivity contribution in [2.75, 3.05) is 25.0 Å². The number of ether oxygens (including phenoxy) is 1. The molecule has 2 aromatic rings. The summed E-state index contributed by atoms with van der Waals surface area (Å²) in [7, 11) is 0.